The lowest BCUT2D eigenvalue weighted by molar-refractivity contribution is -0.307. The molecule has 0 bridgehead atoms. The number of carboxylic acid groups (broad SMARTS) is 1. The van der Waals surface area contributed by atoms with Crippen LogP contribution in [0.2, 0.25) is 0 Å². The van der Waals surface area contributed by atoms with Crippen LogP contribution in [0.25, 0.3) is 0 Å². The number of hydrogen-bond donors (Lipinski definition) is 1. The number of nitrogens with zero attached hydrogens (tertiary/aromatic N) is 1. The number of benzene rings is 2. The molecule has 8 nitrogen and oxygen atoms in total. The maximum atomic E-state index is 12.1. The summed E-state index contributed by atoms with van der Waals surface area (Å²) >= 11 is 0. The van der Waals surface area contributed by atoms with E-state index in [9.17, 15) is 14.7 Å². The van der Waals surface area contributed by atoms with Crippen molar-refractivity contribution in [1.82, 2.24) is 5.43 Å². The molecular formula is C19H19N2O6-. The van der Waals surface area contributed by atoms with Gasteiger partial charge in [-0.1, -0.05) is 0 Å². The van der Waals surface area contributed by atoms with E-state index in [0.29, 0.717) is 28.3 Å². The summed E-state index contributed by atoms with van der Waals surface area (Å²) in [6.07, 6.45) is 0. The third-order valence-corrected chi connectivity index (χ3v) is 3.60. The summed E-state index contributed by atoms with van der Waals surface area (Å²) in [5.74, 6) is -0.442. The Hall–Kier alpha value is -3.55. The SMILES string of the molecule is COc1ccc(C(=O)N/N=C(/C)c2ccc(OCC(=O)[O-])c(OC)c2)cc1. The third-order valence-electron chi connectivity index (χ3n) is 3.60. The quantitative estimate of drug-likeness (QED) is 0.547. The summed E-state index contributed by atoms with van der Waals surface area (Å²) in [6.45, 7) is 1.13. The molecule has 0 aromatic heterocycles. The lowest BCUT2D eigenvalue weighted by Gasteiger charge is -2.12. The van der Waals surface area contributed by atoms with Crippen LogP contribution in [0.15, 0.2) is 47.6 Å². The van der Waals surface area contributed by atoms with E-state index >= 15 is 0 Å². The number of aliphatic carboxylic acids is 1. The van der Waals surface area contributed by atoms with E-state index in [-0.39, 0.29) is 11.7 Å². The van der Waals surface area contributed by atoms with Gasteiger partial charge < -0.3 is 24.1 Å². The average molecular weight is 371 g/mol. The van der Waals surface area contributed by atoms with Crippen molar-refractivity contribution in [2.75, 3.05) is 20.8 Å². The maximum absolute atomic E-state index is 12.1. The van der Waals surface area contributed by atoms with Gasteiger partial charge in [-0.25, -0.2) is 5.43 Å². The molecule has 27 heavy (non-hydrogen) atoms. The Morgan fingerprint density at radius 3 is 2.26 bits per heavy atom. The van der Waals surface area contributed by atoms with E-state index in [0.717, 1.165) is 0 Å². The number of hydrogen-bond acceptors (Lipinski definition) is 7. The van der Waals surface area contributed by atoms with Gasteiger partial charge in [0.1, 0.15) is 12.4 Å². The first kappa shape index (κ1) is 19.8. The Labute approximate surface area is 156 Å². The predicted octanol–water partition coefficient (Wildman–Crippen LogP) is 0.986. The summed E-state index contributed by atoms with van der Waals surface area (Å²) in [7, 11) is 2.98. The molecule has 0 unspecified atom stereocenters. The average Bonchev–Trinajstić information content (AvgIpc) is 2.69. The van der Waals surface area contributed by atoms with Crippen molar-refractivity contribution < 1.29 is 28.9 Å². The van der Waals surface area contributed by atoms with Gasteiger partial charge in [0.2, 0.25) is 0 Å². The fraction of sp³-hybridized carbons (Fsp3) is 0.211. The van der Waals surface area contributed by atoms with Crippen molar-refractivity contribution in [1.29, 1.82) is 0 Å². The van der Waals surface area contributed by atoms with E-state index < -0.39 is 12.6 Å². The molecule has 0 heterocycles. The zero-order valence-electron chi connectivity index (χ0n) is 15.1. The molecule has 0 spiro atoms. The molecule has 2 aromatic carbocycles. The Bertz CT molecular complexity index is 846. The number of carbonyl (C=O) groups excluding carboxylic acids is 2. The fourth-order valence-electron chi connectivity index (χ4n) is 2.15. The van der Waals surface area contributed by atoms with Gasteiger partial charge >= 0.3 is 0 Å². The van der Waals surface area contributed by atoms with E-state index in [1.54, 1.807) is 56.5 Å². The van der Waals surface area contributed by atoms with Crippen LogP contribution in [0.5, 0.6) is 17.2 Å². The topological polar surface area (TPSA) is 109 Å². The summed E-state index contributed by atoms with van der Waals surface area (Å²) in [5.41, 5.74) is 4.12. The highest BCUT2D eigenvalue weighted by molar-refractivity contribution is 6.01. The van der Waals surface area contributed by atoms with Crippen LogP contribution in [-0.4, -0.2) is 38.4 Å². The Balaban J connectivity index is 2.09. The largest absolute Gasteiger partial charge is 0.546 e. The molecule has 142 valence electrons. The second-order valence-corrected chi connectivity index (χ2v) is 5.39. The zero-order valence-corrected chi connectivity index (χ0v) is 15.1. The van der Waals surface area contributed by atoms with Crippen LogP contribution in [0.3, 0.4) is 0 Å². The lowest BCUT2D eigenvalue weighted by Crippen LogP contribution is -2.29. The van der Waals surface area contributed by atoms with Gasteiger partial charge in [0.25, 0.3) is 5.91 Å². The smallest absolute Gasteiger partial charge is 0.271 e. The minimum absolute atomic E-state index is 0.264. The Morgan fingerprint density at radius 1 is 1.00 bits per heavy atom. The molecule has 0 fully saturated rings. The van der Waals surface area contributed by atoms with Gasteiger partial charge in [0.15, 0.2) is 11.5 Å². The summed E-state index contributed by atoms with van der Waals surface area (Å²) < 4.78 is 15.3. The van der Waals surface area contributed by atoms with E-state index in [1.807, 2.05) is 0 Å². The van der Waals surface area contributed by atoms with Gasteiger partial charge in [0, 0.05) is 11.1 Å². The standard InChI is InChI=1S/C19H20N2O6/c1-12(20-21-19(24)13-4-7-15(25-2)8-5-13)14-6-9-16(17(10-14)26-3)27-11-18(22)23/h4-10H,11H2,1-3H3,(H,21,24)(H,22,23)/p-1/b20-12-. The van der Waals surface area contributed by atoms with Crippen molar-refractivity contribution in [2.24, 2.45) is 5.10 Å². The molecule has 2 rings (SSSR count). The molecule has 0 aliphatic heterocycles. The molecule has 0 radical (unpaired) electrons. The molecule has 0 atom stereocenters. The van der Waals surface area contributed by atoms with Crippen LogP contribution < -0.4 is 24.7 Å². The lowest BCUT2D eigenvalue weighted by atomic mass is 10.1. The fourth-order valence-corrected chi connectivity index (χ4v) is 2.15. The van der Waals surface area contributed by atoms with Gasteiger partial charge in [-0.05, 0) is 49.4 Å². The second-order valence-electron chi connectivity index (χ2n) is 5.39. The minimum atomic E-state index is -1.33. The van der Waals surface area contributed by atoms with Crippen molar-refractivity contribution in [3.63, 3.8) is 0 Å². The van der Waals surface area contributed by atoms with E-state index in [1.165, 1.54) is 7.11 Å². The monoisotopic (exact) mass is 371 g/mol. The predicted molar refractivity (Wildman–Crippen MR) is 96.2 cm³/mol. The van der Waals surface area contributed by atoms with Crippen molar-refractivity contribution in [3.8, 4) is 17.2 Å². The number of hydrazone groups is 1. The first-order valence-electron chi connectivity index (χ1n) is 7.94. The van der Waals surface area contributed by atoms with Gasteiger partial charge in [-0.15, -0.1) is 0 Å². The molecule has 2 aromatic rings. The molecule has 1 N–H and O–H groups in total. The van der Waals surface area contributed by atoms with E-state index in [4.69, 9.17) is 14.2 Å². The van der Waals surface area contributed by atoms with Crippen LogP contribution in [0.4, 0.5) is 0 Å². The highest BCUT2D eigenvalue weighted by Crippen LogP contribution is 2.28. The highest BCUT2D eigenvalue weighted by Gasteiger charge is 2.09. The number of methoxy groups -OCH3 is 2. The normalized spacial score (nSPS) is 10.9. The summed E-state index contributed by atoms with van der Waals surface area (Å²) in [5, 5.41) is 14.6. The second kappa shape index (κ2) is 9.23. The number of ether oxygens (including phenoxy) is 3. The van der Waals surface area contributed by atoms with Crippen LogP contribution in [0, 0.1) is 0 Å². The molecule has 1 amide bonds. The summed E-state index contributed by atoms with van der Waals surface area (Å²) in [6, 6.07) is 11.5. The highest BCUT2D eigenvalue weighted by atomic mass is 16.5. The number of nitrogens with one attached hydrogen (secondary N) is 1. The number of carboxylic acids is 1. The van der Waals surface area contributed by atoms with Crippen molar-refractivity contribution >= 4 is 17.6 Å². The molecule has 0 saturated carbocycles. The zero-order chi connectivity index (χ0) is 19.8. The maximum Gasteiger partial charge on any atom is 0.271 e. The van der Waals surface area contributed by atoms with Gasteiger partial charge in [0.05, 0.1) is 25.9 Å². The van der Waals surface area contributed by atoms with Gasteiger partial charge in [-0.3, -0.25) is 4.79 Å². The molecule has 0 saturated heterocycles. The third kappa shape index (κ3) is 5.46. The molecule has 0 aliphatic rings. The van der Waals surface area contributed by atoms with Crippen LogP contribution in [0.1, 0.15) is 22.8 Å². The molecule has 0 aliphatic carbocycles. The van der Waals surface area contributed by atoms with Crippen LogP contribution in [-0.2, 0) is 4.79 Å². The van der Waals surface area contributed by atoms with Crippen LogP contribution >= 0.6 is 0 Å². The Kier molecular flexibility index (Phi) is 6.76. The van der Waals surface area contributed by atoms with E-state index in [2.05, 4.69) is 10.5 Å². The number of carbonyl (C=O) groups is 2. The number of rotatable bonds is 8. The Morgan fingerprint density at radius 2 is 1.67 bits per heavy atom. The van der Waals surface area contributed by atoms with Gasteiger partial charge in [-0.2, -0.15) is 5.10 Å². The van der Waals surface area contributed by atoms with Crippen molar-refractivity contribution in [3.05, 3.63) is 53.6 Å². The first-order chi connectivity index (χ1) is 12.9. The summed E-state index contributed by atoms with van der Waals surface area (Å²) in [4.78, 5) is 22.6. The first-order valence-corrected chi connectivity index (χ1v) is 7.94. The number of amides is 1. The van der Waals surface area contributed by atoms with Crippen molar-refractivity contribution in [2.45, 2.75) is 6.92 Å². The minimum Gasteiger partial charge on any atom is -0.546 e. The molecule has 8 heteroatoms. The molecular weight excluding hydrogens is 352 g/mol.